The van der Waals surface area contributed by atoms with Gasteiger partial charge in [0.25, 0.3) is 11.8 Å². The molecule has 4 aliphatic heterocycles. The van der Waals surface area contributed by atoms with Crippen LogP contribution < -0.4 is 28.7 Å². The number of nitrogens with one attached hydrogen (secondary N) is 2. The summed E-state index contributed by atoms with van der Waals surface area (Å²) in [6.07, 6.45) is 16.6. The first-order valence-corrected chi connectivity index (χ1v) is 35.5. The molecule has 480 valence electrons. The Morgan fingerprint density at radius 1 is 0.589 bits per heavy atom. The fourth-order valence-corrected chi connectivity index (χ4v) is 18.1. The van der Waals surface area contributed by atoms with Gasteiger partial charge in [-0.15, -0.1) is 0 Å². The average Bonchev–Trinajstić information content (AvgIpc) is 1.47. The fraction of sp³-hybridized carbons (Fsp3) is 0.514. The van der Waals surface area contributed by atoms with Crippen molar-refractivity contribution in [2.75, 3.05) is 62.4 Å². The molecule has 0 unspecified atom stereocenters. The third-order valence-corrected chi connectivity index (χ3v) is 25.3. The van der Waals surface area contributed by atoms with Gasteiger partial charge in [-0.3, -0.25) is 9.59 Å². The van der Waals surface area contributed by atoms with Crippen LogP contribution in [0.5, 0.6) is 11.5 Å². The van der Waals surface area contributed by atoms with Gasteiger partial charge in [-0.25, -0.2) is 26.3 Å². The molecule has 2 fully saturated rings. The summed E-state index contributed by atoms with van der Waals surface area (Å²) in [5, 5.41) is 42.5. The number of sulfonamides is 2. The molecular formula is C70H82Cl2N4O12S2. The van der Waals surface area contributed by atoms with E-state index in [4.69, 9.17) is 32.7 Å². The van der Waals surface area contributed by atoms with Crippen molar-refractivity contribution in [3.05, 3.63) is 141 Å². The van der Waals surface area contributed by atoms with Crippen LogP contribution in [0, 0.1) is 59.2 Å². The number of carbonyl (C=O) groups is 2. The highest BCUT2D eigenvalue weighted by Gasteiger charge is 2.50. The number of fused-ring (bicyclic) bond motifs is 8. The van der Waals surface area contributed by atoms with Gasteiger partial charge in [-0.1, -0.05) is 85.0 Å². The molecule has 4 heterocycles. The highest BCUT2D eigenvalue weighted by atomic mass is 35.5. The van der Waals surface area contributed by atoms with Crippen LogP contribution >= 0.6 is 23.2 Å². The summed E-state index contributed by atoms with van der Waals surface area (Å²) in [6, 6.07) is 22.4. The van der Waals surface area contributed by atoms with Gasteiger partial charge in [-0.05, 0) is 210 Å². The van der Waals surface area contributed by atoms with Gasteiger partial charge in [0.1, 0.15) is 35.9 Å². The first kappa shape index (κ1) is 65.4. The van der Waals surface area contributed by atoms with E-state index in [-0.39, 0.29) is 70.7 Å². The van der Waals surface area contributed by atoms with E-state index >= 15 is 0 Å². The zero-order valence-corrected chi connectivity index (χ0v) is 54.7. The third-order valence-electron chi connectivity index (χ3n) is 21.0. The number of benzene rings is 4. The number of amides is 2. The monoisotopic (exact) mass is 1300 g/mol. The molecule has 4 aromatic carbocycles. The van der Waals surface area contributed by atoms with Crippen molar-refractivity contribution in [1.82, 2.24) is 9.44 Å². The third kappa shape index (κ3) is 13.2. The Hall–Kier alpha value is -6.06. The largest absolute Gasteiger partial charge is 0.490 e. The smallest absolute Gasteiger partial charge is 0.264 e. The molecular weight excluding hydrogens is 1220 g/mol. The number of ether oxygens (including phenoxy) is 2. The normalized spacial score (nSPS) is 33.2. The highest BCUT2D eigenvalue weighted by Crippen LogP contribution is 2.51. The van der Waals surface area contributed by atoms with E-state index < -0.39 is 53.6 Å². The molecule has 12 rings (SSSR count). The van der Waals surface area contributed by atoms with Crippen molar-refractivity contribution >= 4 is 66.4 Å². The van der Waals surface area contributed by atoms with Crippen molar-refractivity contribution in [1.29, 1.82) is 0 Å². The maximum atomic E-state index is 13.4. The molecule has 8 aliphatic rings. The van der Waals surface area contributed by atoms with Crippen LogP contribution in [-0.4, -0.2) is 123 Å². The Labute approximate surface area is 539 Å². The number of aryl methyl sites for hydroxylation is 2. The molecule has 2 amide bonds. The van der Waals surface area contributed by atoms with Crippen LogP contribution in [-0.2, 0) is 43.7 Å². The van der Waals surface area contributed by atoms with E-state index in [1.807, 2.05) is 24.3 Å². The average molecular weight is 1310 g/mol. The van der Waals surface area contributed by atoms with Crippen LogP contribution in [0.3, 0.4) is 0 Å². The molecule has 4 aromatic rings. The topological polar surface area (TPSA) is 232 Å². The maximum Gasteiger partial charge on any atom is 0.264 e. The van der Waals surface area contributed by atoms with Gasteiger partial charge in [0.15, 0.2) is 0 Å². The van der Waals surface area contributed by atoms with Gasteiger partial charge in [0, 0.05) is 70.0 Å². The second kappa shape index (κ2) is 26.1. The summed E-state index contributed by atoms with van der Waals surface area (Å²) < 4.78 is 70.8. The Kier molecular flexibility index (Phi) is 19.0. The van der Waals surface area contributed by atoms with Gasteiger partial charge >= 0.3 is 0 Å². The number of hydrogen-bond acceptors (Lipinski definition) is 14. The Bertz CT molecular complexity index is 3610. The van der Waals surface area contributed by atoms with Crippen molar-refractivity contribution < 1.29 is 56.3 Å². The first-order valence-electron chi connectivity index (χ1n) is 31.6. The lowest BCUT2D eigenvalue weighted by Crippen LogP contribution is -2.52. The van der Waals surface area contributed by atoms with E-state index in [2.05, 4.69) is 55.1 Å². The van der Waals surface area contributed by atoms with Gasteiger partial charge in [0.2, 0.25) is 20.0 Å². The molecule has 2 saturated carbocycles. The number of rotatable bonds is 0. The maximum absolute atomic E-state index is 13.4. The van der Waals surface area contributed by atoms with Crippen molar-refractivity contribution in [2.24, 2.45) is 35.5 Å². The molecule has 90 heavy (non-hydrogen) atoms. The lowest BCUT2D eigenvalue weighted by atomic mass is 9.64. The molecule has 4 bridgehead atoms. The molecule has 0 radical (unpaired) electrons. The first-order chi connectivity index (χ1) is 42.9. The molecule has 16 nitrogen and oxygen atoms in total. The fourth-order valence-electron chi connectivity index (χ4n) is 15.2. The van der Waals surface area contributed by atoms with Gasteiger partial charge in [0.05, 0.1) is 35.1 Å². The molecule has 4 aliphatic carbocycles. The second-order valence-corrected chi connectivity index (χ2v) is 31.6. The minimum absolute atomic E-state index is 0.0750. The zero-order valence-electron chi connectivity index (χ0n) is 51.5. The van der Waals surface area contributed by atoms with Gasteiger partial charge in [-0.2, -0.15) is 0 Å². The SMILES string of the molecule is C[C@@H]1[C@@H](C)C/C=C/[C@@](O)(C#CCO)[C@@H]2CC[C@H]2CN2C[C@@]3(CCCc4cc(Cl)ccc43)COc3ccc(cc32)C(=O)NS1(=O)=O.C[C@@H]1[C@@H](C)C/C=C/[C@](O)(C#CCO)[C@@H]2CC[C@H]2CN2C[C@@]3(CCCc4cc(Cl)ccc43)COc3ccc(cc32)C(=O)NS1(=O)=O. The number of allylic oxidation sites excluding steroid dienone is 2. The highest BCUT2D eigenvalue weighted by molar-refractivity contribution is 7.91. The standard InChI is InChI=1S/2C35H41ClN2O6S/c2*1-23-6-3-15-35(41,16-5-17-39)30-11-8-27(30)20-38-21-34(14-4-7-25-18-28(36)10-12-29(25)34)22-44-32-13-9-26(19-31(32)38)33(40)37-45(42,43)24(23)2/h2*3,9-10,12-13,15,18-19,23-24,27,30,39,41H,4,6-8,11,14,17,20-22H2,1-2H3,(H,37,40)/b2*15-3+/t23-,24+,27-,30+,34-,35+;23-,24+,27-,30+,34-,35-/m00/s1. The summed E-state index contributed by atoms with van der Waals surface area (Å²) in [4.78, 5) is 31.3. The summed E-state index contributed by atoms with van der Waals surface area (Å²) >= 11 is 12.8. The lowest BCUT2D eigenvalue weighted by molar-refractivity contribution is -0.00356. The molecule has 20 heteroatoms. The molecule has 12 atom stereocenters. The van der Waals surface area contributed by atoms with Crippen molar-refractivity contribution in [2.45, 2.75) is 137 Å². The molecule has 2 spiro atoms. The number of aliphatic hydroxyl groups is 4. The minimum atomic E-state index is -4.00. The Morgan fingerprint density at radius 3 is 1.38 bits per heavy atom. The number of anilines is 2. The molecule has 0 aromatic heterocycles. The number of hydrogen-bond donors (Lipinski definition) is 6. The van der Waals surface area contributed by atoms with E-state index in [0.717, 1.165) is 75.6 Å². The van der Waals surface area contributed by atoms with Gasteiger partial charge < -0.3 is 39.7 Å². The van der Waals surface area contributed by atoms with Crippen LogP contribution in [0.15, 0.2) is 97.1 Å². The molecule has 0 saturated heterocycles. The summed E-state index contributed by atoms with van der Waals surface area (Å²) in [5.74, 6) is 10.2. The summed E-state index contributed by atoms with van der Waals surface area (Å²) in [5.41, 5.74) is 3.15. The zero-order chi connectivity index (χ0) is 64.0. The quantitative estimate of drug-likeness (QED) is 0.0712. The van der Waals surface area contributed by atoms with E-state index in [0.29, 0.717) is 73.8 Å². The van der Waals surface area contributed by atoms with Crippen LogP contribution in [0.1, 0.15) is 135 Å². The Morgan fingerprint density at radius 2 is 1.00 bits per heavy atom. The Balaban J connectivity index is 0.000000185. The number of nitrogens with zero attached hydrogens (tertiary/aromatic N) is 2. The van der Waals surface area contributed by atoms with Crippen molar-refractivity contribution in [3.63, 3.8) is 0 Å². The minimum Gasteiger partial charge on any atom is -0.490 e. The number of halogens is 2. The van der Waals surface area contributed by atoms with E-state index in [1.165, 1.54) is 22.3 Å². The lowest BCUT2D eigenvalue weighted by Gasteiger charge is -2.47. The van der Waals surface area contributed by atoms with Crippen LogP contribution in [0.2, 0.25) is 10.0 Å². The number of carbonyl (C=O) groups excluding carboxylic acids is 2. The summed E-state index contributed by atoms with van der Waals surface area (Å²) in [6.45, 7) is 9.32. The predicted octanol–water partition coefficient (Wildman–Crippen LogP) is 9.22. The van der Waals surface area contributed by atoms with E-state index in [9.17, 15) is 46.9 Å². The van der Waals surface area contributed by atoms with Crippen LogP contribution in [0.4, 0.5) is 11.4 Å². The number of aliphatic hydroxyl groups excluding tert-OH is 2. The van der Waals surface area contributed by atoms with Crippen LogP contribution in [0.25, 0.3) is 0 Å². The predicted molar refractivity (Wildman–Crippen MR) is 350 cm³/mol. The second-order valence-electron chi connectivity index (χ2n) is 26.6. The molecule has 6 N–H and O–H groups in total. The van der Waals surface area contributed by atoms with E-state index in [1.54, 1.807) is 88.4 Å². The summed E-state index contributed by atoms with van der Waals surface area (Å²) in [7, 11) is -8.00. The van der Waals surface area contributed by atoms with Crippen molar-refractivity contribution in [3.8, 4) is 35.2 Å².